The number of anilines is 1. The van der Waals surface area contributed by atoms with Crippen LogP contribution in [0.3, 0.4) is 0 Å². The molecule has 0 aliphatic heterocycles. The molecule has 2 amide bonds. The topological polar surface area (TPSA) is 127 Å². The molecule has 9 heteroatoms. The van der Waals surface area contributed by atoms with E-state index in [-0.39, 0.29) is 23.7 Å². The van der Waals surface area contributed by atoms with Crippen molar-refractivity contribution in [1.29, 1.82) is 0 Å². The lowest BCUT2D eigenvalue weighted by Crippen LogP contribution is -2.36. The molecule has 2 aromatic heterocycles. The molecule has 0 atom stereocenters. The third-order valence-electron chi connectivity index (χ3n) is 4.88. The van der Waals surface area contributed by atoms with Crippen molar-refractivity contribution >= 4 is 40.7 Å². The largest absolute Gasteiger partial charge is 0.364 e. The van der Waals surface area contributed by atoms with Gasteiger partial charge in [-0.15, -0.1) is 23.7 Å². The molecule has 0 bridgehead atoms. The number of hydrogen-bond donors (Lipinski definition) is 4. The number of hydrogen-bond acceptors (Lipinski definition) is 5. The summed E-state index contributed by atoms with van der Waals surface area (Å²) in [4.78, 5) is 30.8. The van der Waals surface area contributed by atoms with Crippen LogP contribution in [0.25, 0.3) is 11.3 Å². The highest BCUT2D eigenvalue weighted by atomic mass is 35.5. The number of rotatable bonds is 6. The van der Waals surface area contributed by atoms with E-state index < -0.39 is 5.91 Å². The van der Waals surface area contributed by atoms with Gasteiger partial charge < -0.3 is 21.8 Å². The molecule has 1 aliphatic carbocycles. The van der Waals surface area contributed by atoms with Crippen molar-refractivity contribution in [1.82, 2.24) is 9.97 Å². The van der Waals surface area contributed by atoms with Gasteiger partial charge >= 0.3 is 0 Å². The second-order valence-corrected chi connectivity index (χ2v) is 7.55. The van der Waals surface area contributed by atoms with Gasteiger partial charge in [0.05, 0.1) is 5.69 Å². The minimum Gasteiger partial charge on any atom is -0.364 e. The Morgan fingerprint density at radius 3 is 2.65 bits per heavy atom. The molecule has 2 aromatic rings. The molecule has 2 heterocycles. The number of aromatic amines is 1. The van der Waals surface area contributed by atoms with Crippen molar-refractivity contribution in [3.05, 3.63) is 23.3 Å². The Morgan fingerprint density at radius 1 is 1.31 bits per heavy atom. The van der Waals surface area contributed by atoms with Crippen LogP contribution in [0, 0.1) is 5.41 Å². The molecule has 0 saturated heterocycles. The summed E-state index contributed by atoms with van der Waals surface area (Å²) in [5.41, 5.74) is 12.9. The summed E-state index contributed by atoms with van der Waals surface area (Å²) in [5.74, 6) is -0.560. The van der Waals surface area contributed by atoms with Crippen LogP contribution in [0.4, 0.5) is 5.13 Å². The number of primary amides is 1. The number of halogens is 1. The Kier molecular flexibility index (Phi) is 6.80. The maximum Gasteiger partial charge on any atom is 0.265 e. The highest BCUT2D eigenvalue weighted by molar-refractivity contribution is 7.14. The Labute approximate surface area is 162 Å². The van der Waals surface area contributed by atoms with Crippen LogP contribution in [0.15, 0.2) is 17.6 Å². The zero-order valence-electron chi connectivity index (χ0n) is 14.4. The van der Waals surface area contributed by atoms with Gasteiger partial charge in [0, 0.05) is 23.6 Å². The van der Waals surface area contributed by atoms with Crippen molar-refractivity contribution < 1.29 is 9.59 Å². The number of carbonyl (C=O) groups is 2. The molecule has 142 valence electrons. The summed E-state index contributed by atoms with van der Waals surface area (Å²) >= 11 is 1.35. The quantitative estimate of drug-likeness (QED) is 0.597. The van der Waals surface area contributed by atoms with Gasteiger partial charge in [-0.1, -0.05) is 19.3 Å². The molecule has 0 unspecified atom stereocenters. The summed E-state index contributed by atoms with van der Waals surface area (Å²) in [6, 6.07) is 1.65. The van der Waals surface area contributed by atoms with Gasteiger partial charge in [0.15, 0.2) is 5.13 Å². The third-order valence-corrected chi connectivity index (χ3v) is 5.64. The Bertz CT molecular complexity index is 767. The predicted molar refractivity (Wildman–Crippen MR) is 105 cm³/mol. The number of amides is 2. The fourth-order valence-corrected chi connectivity index (χ4v) is 4.14. The van der Waals surface area contributed by atoms with Crippen LogP contribution in [0.5, 0.6) is 0 Å². The molecule has 0 radical (unpaired) electrons. The van der Waals surface area contributed by atoms with Crippen molar-refractivity contribution in [3.8, 4) is 11.3 Å². The first-order valence-corrected chi connectivity index (χ1v) is 9.33. The number of thiazole rings is 1. The lowest BCUT2D eigenvalue weighted by atomic mass is 9.72. The summed E-state index contributed by atoms with van der Waals surface area (Å²) in [5, 5.41) is 5.26. The maximum absolute atomic E-state index is 12.4. The second-order valence-electron chi connectivity index (χ2n) is 6.69. The van der Waals surface area contributed by atoms with Crippen molar-refractivity contribution in [2.75, 3.05) is 11.9 Å². The van der Waals surface area contributed by atoms with Crippen molar-refractivity contribution in [2.45, 2.75) is 38.5 Å². The van der Waals surface area contributed by atoms with Gasteiger partial charge in [0.25, 0.3) is 5.91 Å². The summed E-state index contributed by atoms with van der Waals surface area (Å²) in [6.45, 7) is 0.544. The Balaban J connectivity index is 0.00000243. The summed E-state index contributed by atoms with van der Waals surface area (Å²) in [6.07, 6.45) is 7.64. The number of nitrogens with two attached hydrogens (primary N) is 2. The normalized spacial score (nSPS) is 15.9. The van der Waals surface area contributed by atoms with Crippen LogP contribution < -0.4 is 16.8 Å². The van der Waals surface area contributed by atoms with Gasteiger partial charge in [0.2, 0.25) is 5.91 Å². The molecule has 1 fully saturated rings. The maximum atomic E-state index is 12.4. The average molecular weight is 398 g/mol. The first-order chi connectivity index (χ1) is 12.0. The first kappa shape index (κ1) is 20.4. The number of H-pyrrole nitrogens is 1. The van der Waals surface area contributed by atoms with E-state index in [9.17, 15) is 9.59 Å². The first-order valence-electron chi connectivity index (χ1n) is 8.45. The molecule has 26 heavy (non-hydrogen) atoms. The van der Waals surface area contributed by atoms with E-state index >= 15 is 0 Å². The van der Waals surface area contributed by atoms with E-state index in [0.29, 0.717) is 29.5 Å². The molecule has 6 N–H and O–H groups in total. The zero-order chi connectivity index (χ0) is 17.9. The minimum absolute atomic E-state index is 0. The molecule has 1 aliphatic rings. The lowest BCUT2D eigenvalue weighted by molar-refractivity contribution is -0.118. The zero-order valence-corrected chi connectivity index (χ0v) is 16.0. The van der Waals surface area contributed by atoms with E-state index in [1.807, 2.05) is 5.38 Å². The monoisotopic (exact) mass is 397 g/mol. The lowest BCUT2D eigenvalue weighted by Gasteiger charge is -2.35. The third kappa shape index (κ3) is 4.63. The standard InChI is InChI=1S/C17H23N5O2S.ClH/c18-10-17(4-2-1-3-5-17)7-14(23)22-16-21-13(9-25-16)11-6-12(15(19)24)20-8-11;/h6,8-9,20H,1-5,7,10,18H2,(H2,19,24)(H,21,22,23);1H. The van der Waals surface area contributed by atoms with E-state index in [2.05, 4.69) is 15.3 Å². The van der Waals surface area contributed by atoms with E-state index in [0.717, 1.165) is 31.2 Å². The van der Waals surface area contributed by atoms with Crippen LogP contribution in [0.1, 0.15) is 49.0 Å². The molecule has 7 nitrogen and oxygen atoms in total. The molecule has 3 rings (SSSR count). The fourth-order valence-electron chi connectivity index (χ4n) is 3.41. The number of nitrogens with zero attached hydrogens (tertiary/aromatic N) is 1. The number of aromatic nitrogens is 2. The van der Waals surface area contributed by atoms with E-state index in [4.69, 9.17) is 11.5 Å². The highest BCUT2D eigenvalue weighted by Crippen LogP contribution is 2.38. The SMILES string of the molecule is Cl.NCC1(CC(=O)Nc2nc(-c3c[nH]c(C(N)=O)c3)cs2)CCCCC1. The van der Waals surface area contributed by atoms with Gasteiger partial charge in [-0.3, -0.25) is 9.59 Å². The van der Waals surface area contributed by atoms with Gasteiger partial charge in [-0.25, -0.2) is 4.98 Å². The van der Waals surface area contributed by atoms with Crippen molar-refractivity contribution in [2.24, 2.45) is 16.9 Å². The molecular weight excluding hydrogens is 374 g/mol. The fraction of sp³-hybridized carbons (Fsp3) is 0.471. The number of carbonyl (C=O) groups excluding carboxylic acids is 2. The smallest absolute Gasteiger partial charge is 0.265 e. The average Bonchev–Trinajstić information content (AvgIpc) is 3.24. The van der Waals surface area contributed by atoms with E-state index in [1.54, 1.807) is 12.3 Å². The summed E-state index contributed by atoms with van der Waals surface area (Å²) < 4.78 is 0. The van der Waals surface area contributed by atoms with Gasteiger partial charge in [-0.2, -0.15) is 0 Å². The van der Waals surface area contributed by atoms with Gasteiger partial charge in [0.1, 0.15) is 5.69 Å². The van der Waals surface area contributed by atoms with Gasteiger partial charge in [-0.05, 0) is 30.9 Å². The Morgan fingerprint density at radius 2 is 2.04 bits per heavy atom. The summed E-state index contributed by atoms with van der Waals surface area (Å²) in [7, 11) is 0. The van der Waals surface area contributed by atoms with Crippen molar-refractivity contribution in [3.63, 3.8) is 0 Å². The molecule has 0 aromatic carbocycles. The van der Waals surface area contributed by atoms with Crippen LogP contribution in [0.2, 0.25) is 0 Å². The van der Waals surface area contributed by atoms with Crippen LogP contribution >= 0.6 is 23.7 Å². The Hall–Kier alpha value is -1.90. The van der Waals surface area contributed by atoms with E-state index in [1.165, 1.54) is 17.8 Å². The highest BCUT2D eigenvalue weighted by Gasteiger charge is 2.33. The predicted octanol–water partition coefficient (Wildman–Crippen LogP) is 2.90. The van der Waals surface area contributed by atoms with Crippen LogP contribution in [-0.4, -0.2) is 28.3 Å². The van der Waals surface area contributed by atoms with Crippen LogP contribution in [-0.2, 0) is 4.79 Å². The molecule has 1 saturated carbocycles. The number of nitrogens with one attached hydrogen (secondary N) is 2. The molecular formula is C17H24ClN5O2S. The minimum atomic E-state index is -0.519. The molecule has 0 spiro atoms. The second kappa shape index (κ2) is 8.66.